The third-order valence-corrected chi connectivity index (χ3v) is 3.87. The Balaban J connectivity index is 1.77. The summed E-state index contributed by atoms with van der Waals surface area (Å²) in [5.41, 5.74) is 1.51. The minimum Gasteiger partial charge on any atom is -0.328 e. The lowest BCUT2D eigenvalue weighted by atomic mass is 10.1. The SMILES string of the molecule is CC(C)(C)n1cc(C#N)cc1NC(=O)c1cn(Cc2ccccc2)nn1. The summed E-state index contributed by atoms with van der Waals surface area (Å²) in [5, 5.41) is 19.9. The van der Waals surface area contributed by atoms with Gasteiger partial charge in [0.15, 0.2) is 5.69 Å². The summed E-state index contributed by atoms with van der Waals surface area (Å²) < 4.78 is 3.48. The predicted molar refractivity (Wildman–Crippen MR) is 97.7 cm³/mol. The largest absolute Gasteiger partial charge is 0.328 e. The molecule has 0 radical (unpaired) electrons. The van der Waals surface area contributed by atoms with E-state index in [1.165, 1.54) is 0 Å². The Morgan fingerprint density at radius 3 is 2.62 bits per heavy atom. The van der Waals surface area contributed by atoms with E-state index in [0.717, 1.165) is 5.56 Å². The molecule has 7 heteroatoms. The van der Waals surface area contributed by atoms with Crippen LogP contribution in [0, 0.1) is 11.3 Å². The van der Waals surface area contributed by atoms with Gasteiger partial charge in [-0.1, -0.05) is 35.5 Å². The summed E-state index contributed by atoms with van der Waals surface area (Å²) in [7, 11) is 0. The molecular formula is C19H20N6O. The second-order valence-electron chi connectivity index (χ2n) is 7.01. The molecule has 0 unspecified atom stereocenters. The molecule has 0 fully saturated rings. The average molecular weight is 348 g/mol. The maximum absolute atomic E-state index is 12.5. The zero-order valence-electron chi connectivity index (χ0n) is 15.0. The van der Waals surface area contributed by atoms with Crippen molar-refractivity contribution in [3.8, 4) is 6.07 Å². The van der Waals surface area contributed by atoms with Gasteiger partial charge in [0.1, 0.15) is 11.9 Å². The highest BCUT2D eigenvalue weighted by molar-refractivity contribution is 6.02. The molecule has 26 heavy (non-hydrogen) atoms. The van der Waals surface area contributed by atoms with Crippen LogP contribution in [0.25, 0.3) is 0 Å². The van der Waals surface area contributed by atoms with Gasteiger partial charge in [-0.2, -0.15) is 5.26 Å². The van der Waals surface area contributed by atoms with Crippen LogP contribution in [-0.4, -0.2) is 25.5 Å². The van der Waals surface area contributed by atoms with Crippen molar-refractivity contribution in [1.82, 2.24) is 19.6 Å². The molecule has 3 aromatic rings. The van der Waals surface area contributed by atoms with Gasteiger partial charge in [0, 0.05) is 11.7 Å². The van der Waals surface area contributed by atoms with Crippen LogP contribution in [0.3, 0.4) is 0 Å². The fourth-order valence-corrected chi connectivity index (χ4v) is 2.61. The Morgan fingerprint density at radius 1 is 1.23 bits per heavy atom. The van der Waals surface area contributed by atoms with E-state index in [1.807, 2.05) is 55.7 Å². The number of benzene rings is 1. The summed E-state index contributed by atoms with van der Waals surface area (Å²) in [6, 6.07) is 13.6. The van der Waals surface area contributed by atoms with Gasteiger partial charge in [0.25, 0.3) is 5.91 Å². The van der Waals surface area contributed by atoms with Gasteiger partial charge < -0.3 is 9.88 Å². The highest BCUT2D eigenvalue weighted by Crippen LogP contribution is 2.24. The average Bonchev–Trinajstić information content (AvgIpc) is 3.22. The van der Waals surface area contributed by atoms with Crippen LogP contribution in [0.1, 0.15) is 42.4 Å². The van der Waals surface area contributed by atoms with Crippen LogP contribution in [0.5, 0.6) is 0 Å². The molecule has 2 aromatic heterocycles. The zero-order chi connectivity index (χ0) is 18.7. The number of amides is 1. The van der Waals surface area contributed by atoms with E-state index in [9.17, 15) is 4.79 Å². The molecule has 0 aliphatic carbocycles. The fraction of sp³-hybridized carbons (Fsp3) is 0.263. The number of carbonyl (C=O) groups is 1. The lowest BCUT2D eigenvalue weighted by molar-refractivity contribution is 0.102. The van der Waals surface area contributed by atoms with Crippen molar-refractivity contribution in [3.05, 3.63) is 65.6 Å². The maximum Gasteiger partial charge on any atom is 0.278 e. The first-order chi connectivity index (χ1) is 12.4. The molecule has 0 bridgehead atoms. The number of nitrogens with zero attached hydrogens (tertiary/aromatic N) is 5. The van der Waals surface area contributed by atoms with Crippen molar-refractivity contribution in [2.45, 2.75) is 32.9 Å². The topological polar surface area (TPSA) is 88.5 Å². The van der Waals surface area contributed by atoms with Gasteiger partial charge in [0.05, 0.1) is 18.3 Å². The highest BCUT2D eigenvalue weighted by atomic mass is 16.2. The molecule has 0 aliphatic rings. The van der Waals surface area contributed by atoms with E-state index in [0.29, 0.717) is 17.9 Å². The number of nitriles is 1. The molecule has 0 saturated carbocycles. The van der Waals surface area contributed by atoms with E-state index in [2.05, 4.69) is 21.7 Å². The van der Waals surface area contributed by atoms with Gasteiger partial charge in [-0.15, -0.1) is 5.10 Å². The van der Waals surface area contributed by atoms with Crippen LogP contribution in [-0.2, 0) is 12.1 Å². The quantitative estimate of drug-likeness (QED) is 0.785. The Kier molecular flexibility index (Phi) is 4.59. The minimum atomic E-state index is -0.364. The van der Waals surface area contributed by atoms with Gasteiger partial charge in [0.2, 0.25) is 0 Å². The van der Waals surface area contributed by atoms with E-state index in [4.69, 9.17) is 5.26 Å². The van der Waals surface area contributed by atoms with Crippen molar-refractivity contribution in [1.29, 1.82) is 5.26 Å². The van der Waals surface area contributed by atoms with E-state index in [1.54, 1.807) is 23.1 Å². The molecule has 0 spiro atoms. The second kappa shape index (κ2) is 6.84. The van der Waals surface area contributed by atoms with Crippen molar-refractivity contribution in [2.75, 3.05) is 5.32 Å². The Labute approximate surface area is 151 Å². The standard InChI is InChI=1S/C19H20N6O/c1-19(2,3)25-12-15(10-20)9-17(25)21-18(26)16-13-24(23-22-16)11-14-7-5-4-6-8-14/h4-9,12-13H,11H2,1-3H3,(H,21,26). The number of hydrogen-bond acceptors (Lipinski definition) is 4. The monoisotopic (exact) mass is 348 g/mol. The molecule has 1 aromatic carbocycles. The van der Waals surface area contributed by atoms with Crippen molar-refractivity contribution in [3.63, 3.8) is 0 Å². The number of carbonyl (C=O) groups excluding carboxylic acids is 1. The van der Waals surface area contributed by atoms with Gasteiger partial charge in [-0.3, -0.25) is 4.79 Å². The third-order valence-electron chi connectivity index (χ3n) is 3.87. The van der Waals surface area contributed by atoms with Gasteiger partial charge >= 0.3 is 0 Å². The molecule has 0 saturated heterocycles. The lowest BCUT2D eigenvalue weighted by Crippen LogP contribution is -2.25. The first kappa shape index (κ1) is 17.4. The Hall–Kier alpha value is -3.40. The summed E-state index contributed by atoms with van der Waals surface area (Å²) in [6.45, 7) is 6.54. The first-order valence-electron chi connectivity index (χ1n) is 8.25. The van der Waals surface area contributed by atoms with Crippen LogP contribution in [0.15, 0.2) is 48.8 Å². The number of nitrogens with one attached hydrogen (secondary N) is 1. The summed E-state index contributed by atoms with van der Waals surface area (Å²) in [4.78, 5) is 12.5. The number of rotatable bonds is 4. The molecule has 132 valence electrons. The fourth-order valence-electron chi connectivity index (χ4n) is 2.61. The molecule has 3 rings (SSSR count). The zero-order valence-corrected chi connectivity index (χ0v) is 15.0. The van der Waals surface area contributed by atoms with E-state index in [-0.39, 0.29) is 17.1 Å². The van der Waals surface area contributed by atoms with Crippen LogP contribution in [0.2, 0.25) is 0 Å². The first-order valence-corrected chi connectivity index (χ1v) is 8.25. The molecule has 1 amide bonds. The minimum absolute atomic E-state index is 0.223. The molecule has 0 atom stereocenters. The van der Waals surface area contributed by atoms with E-state index < -0.39 is 0 Å². The van der Waals surface area contributed by atoms with Gasteiger partial charge in [-0.05, 0) is 32.4 Å². The van der Waals surface area contributed by atoms with E-state index >= 15 is 0 Å². The number of anilines is 1. The number of hydrogen-bond donors (Lipinski definition) is 1. The molecule has 7 nitrogen and oxygen atoms in total. The summed E-state index contributed by atoms with van der Waals surface area (Å²) in [5.74, 6) is 0.189. The highest BCUT2D eigenvalue weighted by Gasteiger charge is 2.20. The normalized spacial score (nSPS) is 11.2. The summed E-state index contributed by atoms with van der Waals surface area (Å²) in [6.07, 6.45) is 3.33. The Bertz CT molecular complexity index is 956. The number of aromatic nitrogens is 4. The van der Waals surface area contributed by atoms with Crippen LogP contribution in [0.4, 0.5) is 5.82 Å². The van der Waals surface area contributed by atoms with Crippen molar-refractivity contribution >= 4 is 11.7 Å². The Morgan fingerprint density at radius 2 is 1.96 bits per heavy atom. The second-order valence-corrected chi connectivity index (χ2v) is 7.01. The predicted octanol–water partition coefficient (Wildman–Crippen LogP) is 3.01. The molecule has 2 heterocycles. The summed E-state index contributed by atoms with van der Waals surface area (Å²) >= 11 is 0. The smallest absolute Gasteiger partial charge is 0.278 e. The van der Waals surface area contributed by atoms with Crippen molar-refractivity contribution in [2.24, 2.45) is 0 Å². The molecular weight excluding hydrogens is 328 g/mol. The molecule has 1 N–H and O–H groups in total. The van der Waals surface area contributed by atoms with Crippen LogP contribution < -0.4 is 5.32 Å². The lowest BCUT2D eigenvalue weighted by Gasteiger charge is -2.24. The van der Waals surface area contributed by atoms with Gasteiger partial charge in [-0.25, -0.2) is 4.68 Å². The third kappa shape index (κ3) is 3.81. The van der Waals surface area contributed by atoms with Crippen LogP contribution >= 0.6 is 0 Å². The maximum atomic E-state index is 12.5. The molecule has 0 aliphatic heterocycles. The van der Waals surface area contributed by atoms with Crippen molar-refractivity contribution < 1.29 is 4.79 Å².